The zero-order valence-electron chi connectivity index (χ0n) is 6.53. The largest absolute Gasteiger partial charge is 0.504 e. The fourth-order valence-electron chi connectivity index (χ4n) is 0.910. The molecule has 0 saturated carbocycles. The van der Waals surface area contributed by atoms with Gasteiger partial charge in [-0.1, -0.05) is 0 Å². The molecule has 0 heterocycles. The Morgan fingerprint density at radius 3 is 2.42 bits per heavy atom. The lowest BCUT2D eigenvalue weighted by atomic mass is 10.2. The van der Waals surface area contributed by atoms with Crippen molar-refractivity contribution in [1.82, 2.24) is 0 Å². The highest BCUT2D eigenvalue weighted by molar-refractivity contribution is 5.77. The minimum atomic E-state index is -0.416. The summed E-state index contributed by atoms with van der Waals surface area (Å²) in [7, 11) is 1.37. The zero-order valence-corrected chi connectivity index (χ0v) is 6.53. The zero-order chi connectivity index (χ0) is 9.30. The van der Waals surface area contributed by atoms with Crippen LogP contribution in [-0.2, 0) is 0 Å². The van der Waals surface area contributed by atoms with Gasteiger partial charge < -0.3 is 26.4 Å². The van der Waals surface area contributed by atoms with E-state index < -0.39 is 5.75 Å². The average Bonchev–Trinajstić information content (AvgIpc) is 2.01. The van der Waals surface area contributed by atoms with Crippen LogP contribution < -0.4 is 16.2 Å². The van der Waals surface area contributed by atoms with E-state index in [0.29, 0.717) is 0 Å². The molecule has 0 unspecified atom stereocenters. The quantitative estimate of drug-likeness (QED) is 0.275. The molecule has 0 amide bonds. The van der Waals surface area contributed by atoms with Gasteiger partial charge in [-0.2, -0.15) is 0 Å². The van der Waals surface area contributed by atoms with Gasteiger partial charge >= 0.3 is 0 Å². The summed E-state index contributed by atoms with van der Waals surface area (Å²) in [5, 5.41) is 18.2. The van der Waals surface area contributed by atoms with Crippen LogP contribution in [0.1, 0.15) is 0 Å². The van der Waals surface area contributed by atoms with Gasteiger partial charge in [0.1, 0.15) is 5.69 Å². The molecule has 66 valence electrons. The van der Waals surface area contributed by atoms with Gasteiger partial charge in [0, 0.05) is 6.07 Å². The van der Waals surface area contributed by atoms with Crippen molar-refractivity contribution in [3.63, 3.8) is 0 Å². The molecule has 5 nitrogen and oxygen atoms in total. The molecular weight excluding hydrogens is 160 g/mol. The van der Waals surface area contributed by atoms with Crippen LogP contribution in [0.15, 0.2) is 6.07 Å². The smallest absolute Gasteiger partial charge is 0.185 e. The van der Waals surface area contributed by atoms with Crippen LogP contribution in [0.25, 0.3) is 0 Å². The molecule has 6 N–H and O–H groups in total. The number of hydrogen-bond acceptors (Lipinski definition) is 5. The molecule has 0 aliphatic rings. The Bertz CT molecular complexity index is 312. The minimum absolute atomic E-state index is 0.0602. The molecule has 1 aromatic carbocycles. The van der Waals surface area contributed by atoms with E-state index in [9.17, 15) is 0 Å². The number of aromatic hydroxyl groups is 2. The predicted molar refractivity (Wildman–Crippen MR) is 45.1 cm³/mol. The number of rotatable bonds is 1. The fourth-order valence-corrected chi connectivity index (χ4v) is 0.910. The number of phenolic OH excluding ortho intramolecular Hbond substituents is 2. The van der Waals surface area contributed by atoms with Gasteiger partial charge in [-0.15, -0.1) is 0 Å². The Balaban J connectivity index is 3.40. The second kappa shape index (κ2) is 2.69. The molecule has 12 heavy (non-hydrogen) atoms. The van der Waals surface area contributed by atoms with Gasteiger partial charge in [-0.3, -0.25) is 0 Å². The molecular formula is C7H10N2O3. The molecule has 0 atom stereocenters. The van der Waals surface area contributed by atoms with Crippen molar-refractivity contribution < 1.29 is 14.9 Å². The number of nitrogen functional groups attached to an aromatic ring is 2. The Labute approximate surface area is 69.2 Å². The number of phenols is 2. The predicted octanol–water partition coefficient (Wildman–Crippen LogP) is 0.271. The van der Waals surface area contributed by atoms with Crippen molar-refractivity contribution in [2.24, 2.45) is 0 Å². The Morgan fingerprint density at radius 2 is 1.92 bits per heavy atom. The number of anilines is 2. The molecule has 0 saturated heterocycles. The van der Waals surface area contributed by atoms with Crippen molar-refractivity contribution in [2.45, 2.75) is 0 Å². The Kier molecular flexibility index (Phi) is 1.86. The van der Waals surface area contributed by atoms with Crippen LogP contribution in [0.5, 0.6) is 17.2 Å². The van der Waals surface area contributed by atoms with Crippen molar-refractivity contribution in [1.29, 1.82) is 0 Å². The third-order valence-corrected chi connectivity index (χ3v) is 1.50. The lowest BCUT2D eigenvalue weighted by Gasteiger charge is -2.09. The Morgan fingerprint density at radius 1 is 1.33 bits per heavy atom. The fraction of sp³-hybridized carbons (Fsp3) is 0.143. The van der Waals surface area contributed by atoms with E-state index in [4.69, 9.17) is 26.4 Å². The lowest BCUT2D eigenvalue weighted by Crippen LogP contribution is -1.97. The van der Waals surface area contributed by atoms with Crippen molar-refractivity contribution >= 4 is 11.4 Å². The summed E-state index contributed by atoms with van der Waals surface area (Å²) in [6, 6.07) is 1.17. The Hall–Kier alpha value is -1.78. The maximum absolute atomic E-state index is 9.13. The van der Waals surface area contributed by atoms with Crippen molar-refractivity contribution in [3.05, 3.63) is 6.07 Å². The van der Waals surface area contributed by atoms with Crippen LogP contribution in [-0.4, -0.2) is 17.3 Å². The number of hydrogen-bond donors (Lipinski definition) is 4. The molecule has 0 radical (unpaired) electrons. The van der Waals surface area contributed by atoms with E-state index in [1.165, 1.54) is 13.2 Å². The van der Waals surface area contributed by atoms with E-state index >= 15 is 0 Å². The van der Waals surface area contributed by atoms with Crippen LogP contribution in [0.4, 0.5) is 11.4 Å². The van der Waals surface area contributed by atoms with Gasteiger partial charge in [0.2, 0.25) is 0 Å². The molecule has 1 rings (SSSR count). The van der Waals surface area contributed by atoms with Crippen molar-refractivity contribution in [3.8, 4) is 17.2 Å². The summed E-state index contributed by atoms with van der Waals surface area (Å²) in [5.41, 5.74) is 10.9. The first-order valence-electron chi connectivity index (χ1n) is 3.21. The van der Waals surface area contributed by atoms with E-state index in [2.05, 4.69) is 0 Å². The van der Waals surface area contributed by atoms with E-state index in [1.807, 2.05) is 0 Å². The third kappa shape index (κ3) is 1.05. The first kappa shape index (κ1) is 8.32. The molecule has 0 aliphatic carbocycles. The van der Waals surface area contributed by atoms with Crippen LogP contribution >= 0.6 is 0 Å². The summed E-state index contributed by atoms with van der Waals surface area (Å²) in [5.74, 6) is -0.600. The minimum Gasteiger partial charge on any atom is -0.504 e. The van der Waals surface area contributed by atoms with Gasteiger partial charge in [0.25, 0.3) is 0 Å². The summed E-state index contributed by atoms with van der Waals surface area (Å²) >= 11 is 0. The summed E-state index contributed by atoms with van der Waals surface area (Å²) < 4.78 is 4.79. The topological polar surface area (TPSA) is 102 Å². The normalized spacial score (nSPS) is 9.75. The first-order chi connectivity index (χ1) is 5.57. The van der Waals surface area contributed by atoms with Crippen LogP contribution in [0.3, 0.4) is 0 Å². The highest BCUT2D eigenvalue weighted by Crippen LogP contribution is 2.42. The van der Waals surface area contributed by atoms with Gasteiger partial charge in [0.05, 0.1) is 12.8 Å². The molecule has 0 bridgehead atoms. The maximum Gasteiger partial charge on any atom is 0.185 e. The SMILES string of the molecule is COc1c(N)cc(O)c(O)c1N. The average molecular weight is 170 g/mol. The summed E-state index contributed by atoms with van der Waals surface area (Å²) in [6.07, 6.45) is 0. The van der Waals surface area contributed by atoms with E-state index in [0.717, 1.165) is 0 Å². The highest BCUT2D eigenvalue weighted by Gasteiger charge is 2.13. The molecule has 0 aromatic heterocycles. The third-order valence-electron chi connectivity index (χ3n) is 1.50. The number of benzene rings is 1. The summed E-state index contributed by atoms with van der Waals surface area (Å²) in [6.45, 7) is 0. The van der Waals surface area contributed by atoms with E-state index in [-0.39, 0.29) is 22.9 Å². The highest BCUT2D eigenvalue weighted by atomic mass is 16.5. The second-order valence-corrected chi connectivity index (χ2v) is 2.28. The molecule has 0 aliphatic heterocycles. The molecule has 0 spiro atoms. The standard InChI is InChI=1S/C7H10N2O3/c1-12-7-3(8)2-4(10)6(11)5(7)9/h2,10-11H,8-9H2,1H3. The number of nitrogens with two attached hydrogens (primary N) is 2. The summed E-state index contributed by atoms with van der Waals surface area (Å²) in [4.78, 5) is 0. The maximum atomic E-state index is 9.13. The van der Waals surface area contributed by atoms with Crippen LogP contribution in [0.2, 0.25) is 0 Å². The number of ether oxygens (including phenoxy) is 1. The van der Waals surface area contributed by atoms with Crippen LogP contribution in [0, 0.1) is 0 Å². The van der Waals surface area contributed by atoms with E-state index in [1.54, 1.807) is 0 Å². The monoisotopic (exact) mass is 170 g/mol. The van der Waals surface area contributed by atoms with Gasteiger partial charge in [-0.25, -0.2) is 0 Å². The molecule has 5 heteroatoms. The molecule has 0 fully saturated rings. The molecule has 1 aromatic rings. The van der Waals surface area contributed by atoms with Gasteiger partial charge in [-0.05, 0) is 0 Å². The van der Waals surface area contributed by atoms with Gasteiger partial charge in [0.15, 0.2) is 17.2 Å². The number of methoxy groups -OCH3 is 1. The van der Waals surface area contributed by atoms with Crippen molar-refractivity contribution in [2.75, 3.05) is 18.6 Å². The first-order valence-corrected chi connectivity index (χ1v) is 3.21. The second-order valence-electron chi connectivity index (χ2n) is 2.28. The lowest BCUT2D eigenvalue weighted by molar-refractivity contribution is 0.391.